The predicted molar refractivity (Wildman–Crippen MR) is 94.7 cm³/mol. The van der Waals surface area contributed by atoms with Gasteiger partial charge in [0.05, 0.1) is 6.61 Å². The second-order valence-corrected chi connectivity index (χ2v) is 6.52. The zero-order valence-electron chi connectivity index (χ0n) is 14.6. The van der Waals surface area contributed by atoms with E-state index in [1.165, 1.54) is 5.56 Å². The number of ether oxygens (including phenoxy) is 1. The molecule has 0 aliphatic carbocycles. The van der Waals surface area contributed by atoms with Gasteiger partial charge in [-0.15, -0.1) is 0 Å². The maximum atomic E-state index is 11.9. The molecule has 1 aromatic carbocycles. The summed E-state index contributed by atoms with van der Waals surface area (Å²) in [4.78, 5) is 14.3. The van der Waals surface area contributed by atoms with Crippen molar-refractivity contribution in [2.75, 3.05) is 19.7 Å². The third-order valence-electron chi connectivity index (χ3n) is 4.14. The van der Waals surface area contributed by atoms with Crippen LogP contribution in [-0.2, 0) is 11.2 Å². The topological polar surface area (TPSA) is 41.6 Å². The van der Waals surface area contributed by atoms with Crippen LogP contribution in [0.1, 0.15) is 38.8 Å². The van der Waals surface area contributed by atoms with Gasteiger partial charge in [0.15, 0.2) is 0 Å². The highest BCUT2D eigenvalue weighted by atomic mass is 16.5. The minimum atomic E-state index is -0.0470. The third-order valence-corrected chi connectivity index (χ3v) is 4.14. The van der Waals surface area contributed by atoms with Gasteiger partial charge in [-0.25, -0.2) is 0 Å². The van der Waals surface area contributed by atoms with E-state index in [-0.39, 0.29) is 5.91 Å². The first-order valence-corrected chi connectivity index (χ1v) is 8.44. The number of carbonyl (C=O) groups is 1. The highest BCUT2D eigenvalue weighted by Crippen LogP contribution is 2.26. The molecule has 0 aromatic heterocycles. The molecule has 4 nitrogen and oxygen atoms in total. The first-order chi connectivity index (χ1) is 11.0. The molecule has 0 radical (unpaired) electrons. The van der Waals surface area contributed by atoms with E-state index in [1.54, 1.807) is 6.08 Å². The summed E-state index contributed by atoms with van der Waals surface area (Å²) in [7, 11) is 0. The number of fused-ring (bicyclic) bond motifs is 1. The second kappa shape index (κ2) is 8.16. The first kappa shape index (κ1) is 17.5. The van der Waals surface area contributed by atoms with Crippen LogP contribution in [-0.4, -0.2) is 42.6 Å². The maximum Gasteiger partial charge on any atom is 0.244 e. The monoisotopic (exact) mass is 316 g/mol. The average molecular weight is 316 g/mol. The highest BCUT2D eigenvalue weighted by molar-refractivity contribution is 5.91. The van der Waals surface area contributed by atoms with Crippen molar-refractivity contribution in [1.29, 1.82) is 0 Å². The molecule has 0 saturated carbocycles. The fraction of sp³-hybridized carbons (Fsp3) is 0.526. The van der Waals surface area contributed by atoms with Crippen LogP contribution in [0.15, 0.2) is 24.3 Å². The first-order valence-electron chi connectivity index (χ1n) is 8.44. The number of rotatable bonds is 7. The Kier molecular flexibility index (Phi) is 6.22. The average Bonchev–Trinajstić information content (AvgIpc) is 2.96. The zero-order chi connectivity index (χ0) is 16.8. The quantitative estimate of drug-likeness (QED) is 0.787. The molecule has 1 N–H and O–H groups in total. The molecule has 1 aliphatic rings. The van der Waals surface area contributed by atoms with Gasteiger partial charge in [-0.3, -0.25) is 9.69 Å². The molecular weight excluding hydrogens is 288 g/mol. The summed E-state index contributed by atoms with van der Waals surface area (Å²) >= 11 is 0. The number of benzene rings is 1. The lowest BCUT2D eigenvalue weighted by Crippen LogP contribution is -2.42. The van der Waals surface area contributed by atoms with Crippen LogP contribution in [0, 0.1) is 0 Å². The van der Waals surface area contributed by atoms with E-state index in [1.807, 2.05) is 18.2 Å². The molecule has 4 heteroatoms. The van der Waals surface area contributed by atoms with Crippen molar-refractivity contribution in [2.24, 2.45) is 0 Å². The van der Waals surface area contributed by atoms with Crippen LogP contribution in [0.2, 0.25) is 0 Å². The van der Waals surface area contributed by atoms with Crippen LogP contribution < -0.4 is 10.1 Å². The molecule has 0 bridgehead atoms. The van der Waals surface area contributed by atoms with Crippen LogP contribution in [0.3, 0.4) is 0 Å². The molecule has 0 saturated heterocycles. The second-order valence-electron chi connectivity index (χ2n) is 6.52. The molecule has 1 amide bonds. The van der Waals surface area contributed by atoms with Gasteiger partial charge in [0.1, 0.15) is 5.75 Å². The van der Waals surface area contributed by atoms with Crippen LogP contribution in [0.4, 0.5) is 0 Å². The van der Waals surface area contributed by atoms with Gasteiger partial charge in [-0.1, -0.05) is 6.07 Å². The number of amides is 1. The van der Waals surface area contributed by atoms with Crippen molar-refractivity contribution in [3.8, 4) is 5.75 Å². The lowest BCUT2D eigenvalue weighted by molar-refractivity contribution is -0.116. The van der Waals surface area contributed by atoms with Gasteiger partial charge >= 0.3 is 0 Å². The molecular formula is C19H28N2O2. The van der Waals surface area contributed by atoms with Crippen molar-refractivity contribution in [3.05, 3.63) is 35.4 Å². The van der Waals surface area contributed by atoms with Crippen molar-refractivity contribution in [1.82, 2.24) is 10.2 Å². The summed E-state index contributed by atoms with van der Waals surface area (Å²) in [5, 5.41) is 2.95. The molecule has 126 valence electrons. The summed E-state index contributed by atoms with van der Waals surface area (Å²) in [5.74, 6) is 0.920. The van der Waals surface area contributed by atoms with E-state index in [9.17, 15) is 4.79 Å². The molecule has 1 aliphatic heterocycles. The van der Waals surface area contributed by atoms with Crippen molar-refractivity contribution >= 4 is 12.0 Å². The normalized spacial score (nSPS) is 13.9. The minimum absolute atomic E-state index is 0.0470. The molecule has 1 aromatic rings. The Morgan fingerprint density at radius 1 is 1.30 bits per heavy atom. The Hall–Kier alpha value is -1.81. The van der Waals surface area contributed by atoms with E-state index in [0.29, 0.717) is 18.6 Å². The van der Waals surface area contributed by atoms with E-state index in [2.05, 4.69) is 44.0 Å². The summed E-state index contributed by atoms with van der Waals surface area (Å²) < 4.78 is 5.49. The zero-order valence-corrected chi connectivity index (χ0v) is 14.6. The van der Waals surface area contributed by atoms with Crippen molar-refractivity contribution in [2.45, 2.75) is 46.2 Å². The Morgan fingerprint density at radius 3 is 2.74 bits per heavy atom. The maximum absolute atomic E-state index is 11.9. The highest BCUT2D eigenvalue weighted by Gasteiger charge is 2.13. The van der Waals surface area contributed by atoms with Gasteiger partial charge in [0.2, 0.25) is 5.91 Å². The smallest absolute Gasteiger partial charge is 0.244 e. The third kappa shape index (κ3) is 5.10. The summed E-state index contributed by atoms with van der Waals surface area (Å²) in [5.41, 5.74) is 2.26. The van der Waals surface area contributed by atoms with Gasteiger partial charge in [0, 0.05) is 37.7 Å². The Morgan fingerprint density at radius 2 is 2.04 bits per heavy atom. The molecule has 0 spiro atoms. The predicted octanol–water partition coefficient (Wildman–Crippen LogP) is 2.87. The van der Waals surface area contributed by atoms with Crippen LogP contribution in [0.25, 0.3) is 6.08 Å². The summed E-state index contributed by atoms with van der Waals surface area (Å²) in [6.45, 7) is 11.0. The van der Waals surface area contributed by atoms with E-state index >= 15 is 0 Å². The van der Waals surface area contributed by atoms with Crippen molar-refractivity contribution in [3.63, 3.8) is 0 Å². The summed E-state index contributed by atoms with van der Waals surface area (Å²) in [6, 6.07) is 7.01. The summed E-state index contributed by atoms with van der Waals surface area (Å²) in [6.07, 6.45) is 4.41. The number of hydrogen-bond acceptors (Lipinski definition) is 3. The molecule has 2 rings (SSSR count). The van der Waals surface area contributed by atoms with Crippen LogP contribution in [0.5, 0.6) is 5.75 Å². The van der Waals surface area contributed by atoms with E-state index < -0.39 is 0 Å². The Bertz CT molecular complexity index is 556. The Labute approximate surface area is 139 Å². The number of nitrogens with one attached hydrogen (secondary N) is 1. The van der Waals surface area contributed by atoms with E-state index in [4.69, 9.17) is 4.74 Å². The number of carbonyl (C=O) groups excluding carboxylic acids is 1. The van der Waals surface area contributed by atoms with Crippen LogP contribution >= 0.6 is 0 Å². The SMILES string of the molecule is CC(C)N(CCNC(=O)/C=C/c1ccc2c(c1)CCO2)C(C)C. The molecule has 23 heavy (non-hydrogen) atoms. The Balaban J connectivity index is 1.80. The molecule has 0 unspecified atom stereocenters. The fourth-order valence-corrected chi connectivity index (χ4v) is 2.96. The lowest BCUT2D eigenvalue weighted by Gasteiger charge is -2.30. The lowest BCUT2D eigenvalue weighted by atomic mass is 10.1. The molecule has 1 heterocycles. The van der Waals surface area contributed by atoms with E-state index in [0.717, 1.165) is 30.9 Å². The van der Waals surface area contributed by atoms with Gasteiger partial charge in [-0.05, 0) is 57.0 Å². The van der Waals surface area contributed by atoms with Crippen molar-refractivity contribution < 1.29 is 9.53 Å². The largest absolute Gasteiger partial charge is 0.493 e. The fourth-order valence-electron chi connectivity index (χ4n) is 2.96. The standard InChI is InChI=1S/C19H28N2O2/c1-14(2)21(15(3)4)11-10-20-19(22)8-6-16-5-7-18-17(13-16)9-12-23-18/h5-8,13-15H,9-12H2,1-4H3,(H,20,22)/b8-6+. The molecule has 0 fully saturated rings. The molecule has 0 atom stereocenters. The number of hydrogen-bond donors (Lipinski definition) is 1. The van der Waals surface area contributed by atoms with Gasteiger partial charge in [-0.2, -0.15) is 0 Å². The van der Waals surface area contributed by atoms with Gasteiger partial charge in [0.25, 0.3) is 0 Å². The minimum Gasteiger partial charge on any atom is -0.493 e. The van der Waals surface area contributed by atoms with Gasteiger partial charge < -0.3 is 10.1 Å². The number of nitrogens with zero attached hydrogens (tertiary/aromatic N) is 1.